The fourth-order valence-corrected chi connectivity index (χ4v) is 4.46. The van der Waals surface area contributed by atoms with E-state index >= 15 is 0 Å². The molecule has 8 heteroatoms. The van der Waals surface area contributed by atoms with Crippen molar-refractivity contribution in [2.24, 2.45) is 0 Å². The van der Waals surface area contributed by atoms with E-state index in [9.17, 15) is 9.59 Å². The van der Waals surface area contributed by atoms with Crippen LogP contribution in [0.1, 0.15) is 17.4 Å². The van der Waals surface area contributed by atoms with Gasteiger partial charge in [0.2, 0.25) is 0 Å². The molecule has 0 N–H and O–H groups in total. The average Bonchev–Trinajstić information content (AvgIpc) is 3.38. The number of rotatable bonds is 8. The van der Waals surface area contributed by atoms with Crippen molar-refractivity contribution in [1.29, 1.82) is 0 Å². The van der Waals surface area contributed by atoms with Crippen LogP contribution >= 0.6 is 11.3 Å². The Labute approximate surface area is 201 Å². The Morgan fingerprint density at radius 3 is 2.50 bits per heavy atom. The fraction of sp³-hybridized carbons (Fsp3) is 0.192. The van der Waals surface area contributed by atoms with Crippen LogP contribution in [0.15, 0.2) is 66.0 Å². The summed E-state index contributed by atoms with van der Waals surface area (Å²) in [7, 11) is 3.12. The fourth-order valence-electron chi connectivity index (χ4n) is 3.67. The van der Waals surface area contributed by atoms with E-state index in [-0.39, 0.29) is 18.2 Å². The lowest BCUT2D eigenvalue weighted by Crippen LogP contribution is -2.34. The number of thiazole rings is 1. The molecule has 174 valence electrons. The highest BCUT2D eigenvalue weighted by Gasteiger charge is 2.20. The maximum atomic E-state index is 12.9. The van der Waals surface area contributed by atoms with Gasteiger partial charge in [-0.05, 0) is 36.6 Å². The number of benzene rings is 3. The van der Waals surface area contributed by atoms with Crippen LogP contribution in [-0.2, 0) is 9.53 Å². The summed E-state index contributed by atoms with van der Waals surface area (Å²) in [5.41, 5.74) is 1.72. The third-order valence-electron chi connectivity index (χ3n) is 5.35. The number of fused-ring (bicyclic) bond motifs is 1. The molecule has 0 radical (unpaired) electrons. The minimum Gasteiger partial charge on any atom is -0.493 e. The molecule has 1 heterocycles. The molecule has 34 heavy (non-hydrogen) atoms. The van der Waals surface area contributed by atoms with Gasteiger partial charge in [0.25, 0.3) is 5.91 Å². The smallest absolute Gasteiger partial charge is 0.358 e. The molecular weight excluding hydrogens is 452 g/mol. The average molecular weight is 477 g/mol. The van der Waals surface area contributed by atoms with Gasteiger partial charge in [-0.25, -0.2) is 9.78 Å². The lowest BCUT2D eigenvalue weighted by molar-refractivity contribution is -0.121. The number of aromatic nitrogens is 1. The first-order valence-corrected chi connectivity index (χ1v) is 11.6. The highest BCUT2D eigenvalue weighted by molar-refractivity contribution is 7.13. The van der Waals surface area contributed by atoms with Gasteiger partial charge in [-0.15, -0.1) is 11.3 Å². The summed E-state index contributed by atoms with van der Waals surface area (Å²) in [6.07, 6.45) is 0. The molecule has 0 unspecified atom stereocenters. The number of amides is 1. The minimum atomic E-state index is -0.648. The zero-order chi connectivity index (χ0) is 24.1. The number of nitrogens with zero attached hydrogens (tertiary/aromatic N) is 2. The molecular formula is C26H24N2O5S. The van der Waals surface area contributed by atoms with Gasteiger partial charge in [0.1, 0.15) is 5.01 Å². The summed E-state index contributed by atoms with van der Waals surface area (Å²) < 4.78 is 15.9. The molecule has 0 saturated carbocycles. The van der Waals surface area contributed by atoms with E-state index in [0.29, 0.717) is 23.1 Å². The van der Waals surface area contributed by atoms with E-state index in [1.807, 2.05) is 55.5 Å². The number of hydrogen-bond acceptors (Lipinski definition) is 7. The Kier molecular flexibility index (Phi) is 7.08. The van der Waals surface area contributed by atoms with Gasteiger partial charge < -0.3 is 19.1 Å². The van der Waals surface area contributed by atoms with E-state index in [1.54, 1.807) is 36.6 Å². The lowest BCUT2D eigenvalue weighted by Gasteiger charge is -2.22. The molecule has 4 rings (SSSR count). The summed E-state index contributed by atoms with van der Waals surface area (Å²) >= 11 is 1.30. The van der Waals surface area contributed by atoms with Gasteiger partial charge in [0.15, 0.2) is 23.8 Å². The summed E-state index contributed by atoms with van der Waals surface area (Å²) in [6.45, 7) is 1.96. The Hall–Kier alpha value is -3.91. The van der Waals surface area contributed by atoms with Crippen LogP contribution in [0.5, 0.6) is 11.5 Å². The largest absolute Gasteiger partial charge is 0.493 e. The third-order valence-corrected chi connectivity index (χ3v) is 6.24. The van der Waals surface area contributed by atoms with Crippen molar-refractivity contribution in [2.45, 2.75) is 6.92 Å². The topological polar surface area (TPSA) is 78.0 Å². The van der Waals surface area contributed by atoms with Gasteiger partial charge in [-0.1, -0.05) is 36.4 Å². The highest BCUT2D eigenvalue weighted by Crippen LogP contribution is 2.33. The van der Waals surface area contributed by atoms with Crippen LogP contribution in [0.25, 0.3) is 21.3 Å². The van der Waals surface area contributed by atoms with E-state index in [4.69, 9.17) is 14.2 Å². The van der Waals surface area contributed by atoms with Gasteiger partial charge in [0, 0.05) is 22.9 Å². The normalized spacial score (nSPS) is 10.7. The second kappa shape index (κ2) is 10.4. The first-order valence-electron chi connectivity index (χ1n) is 10.7. The highest BCUT2D eigenvalue weighted by atomic mass is 32.1. The molecule has 3 aromatic carbocycles. The SMILES string of the molecule is CCN(C(=O)COC(=O)c1csc(-c2ccc(OC)c(OC)c2)n1)c1cccc2ccccc12. The minimum absolute atomic E-state index is 0.149. The van der Waals surface area contributed by atoms with Crippen molar-refractivity contribution in [2.75, 3.05) is 32.3 Å². The Morgan fingerprint density at radius 2 is 1.74 bits per heavy atom. The molecule has 0 spiro atoms. The van der Waals surface area contributed by atoms with Crippen LogP contribution in [-0.4, -0.2) is 44.2 Å². The third kappa shape index (κ3) is 4.72. The predicted molar refractivity (Wildman–Crippen MR) is 133 cm³/mol. The standard InChI is InChI=1S/C26H24N2O5S/c1-4-28(21-11-7-9-17-8-5-6-10-19(17)21)24(29)15-33-26(30)20-16-34-25(27-20)18-12-13-22(31-2)23(14-18)32-3/h5-14,16H,4,15H2,1-3H3. The van der Waals surface area contributed by atoms with E-state index in [1.165, 1.54) is 11.3 Å². The van der Waals surface area contributed by atoms with Crippen molar-refractivity contribution >= 4 is 39.7 Å². The number of carbonyl (C=O) groups excluding carboxylic acids is 2. The van der Waals surface area contributed by atoms with Crippen molar-refractivity contribution in [3.63, 3.8) is 0 Å². The number of ether oxygens (including phenoxy) is 3. The molecule has 0 aliphatic heterocycles. The van der Waals surface area contributed by atoms with Crippen LogP contribution < -0.4 is 14.4 Å². The number of likely N-dealkylation sites (N-methyl/N-ethyl adjacent to an activating group) is 1. The van der Waals surface area contributed by atoms with Crippen LogP contribution in [0, 0.1) is 0 Å². The van der Waals surface area contributed by atoms with Crippen molar-refractivity contribution < 1.29 is 23.8 Å². The summed E-state index contributed by atoms with van der Waals surface area (Å²) in [4.78, 5) is 31.5. The van der Waals surface area contributed by atoms with E-state index in [2.05, 4.69) is 4.98 Å². The Bertz CT molecular complexity index is 1330. The zero-order valence-electron chi connectivity index (χ0n) is 19.1. The molecule has 0 aliphatic carbocycles. The first-order chi connectivity index (χ1) is 16.5. The van der Waals surface area contributed by atoms with Gasteiger partial charge >= 0.3 is 5.97 Å². The zero-order valence-corrected chi connectivity index (χ0v) is 19.9. The van der Waals surface area contributed by atoms with E-state index in [0.717, 1.165) is 22.0 Å². The number of anilines is 1. The van der Waals surface area contributed by atoms with Crippen LogP contribution in [0.2, 0.25) is 0 Å². The number of esters is 1. The van der Waals surface area contributed by atoms with E-state index < -0.39 is 5.97 Å². The number of methoxy groups -OCH3 is 2. The summed E-state index contributed by atoms with van der Waals surface area (Å²) in [5, 5.41) is 4.24. The first kappa shape index (κ1) is 23.3. The molecule has 0 atom stereocenters. The second-order valence-electron chi connectivity index (χ2n) is 7.32. The molecule has 1 aromatic heterocycles. The van der Waals surface area contributed by atoms with Gasteiger partial charge in [-0.3, -0.25) is 4.79 Å². The second-order valence-corrected chi connectivity index (χ2v) is 8.18. The molecule has 1 amide bonds. The molecule has 0 aliphatic rings. The maximum Gasteiger partial charge on any atom is 0.358 e. The molecule has 0 saturated heterocycles. The Morgan fingerprint density at radius 1 is 0.971 bits per heavy atom. The summed E-state index contributed by atoms with van der Waals surface area (Å²) in [6, 6.07) is 19.0. The quantitative estimate of drug-likeness (QED) is 0.326. The van der Waals surface area contributed by atoms with Gasteiger partial charge in [-0.2, -0.15) is 0 Å². The summed E-state index contributed by atoms with van der Waals surface area (Å²) in [5.74, 6) is 0.221. The molecule has 0 bridgehead atoms. The van der Waals surface area contributed by atoms with Gasteiger partial charge in [0.05, 0.1) is 19.9 Å². The monoisotopic (exact) mass is 476 g/mol. The Balaban J connectivity index is 1.45. The predicted octanol–water partition coefficient (Wildman–Crippen LogP) is 5.19. The molecule has 0 fully saturated rings. The number of carbonyl (C=O) groups is 2. The van der Waals surface area contributed by atoms with Crippen LogP contribution in [0.4, 0.5) is 5.69 Å². The molecule has 7 nitrogen and oxygen atoms in total. The molecule has 4 aromatic rings. The van der Waals surface area contributed by atoms with Crippen molar-refractivity contribution in [3.8, 4) is 22.1 Å². The number of hydrogen-bond donors (Lipinski definition) is 0. The van der Waals surface area contributed by atoms with Crippen molar-refractivity contribution in [3.05, 3.63) is 71.7 Å². The maximum absolute atomic E-state index is 12.9. The lowest BCUT2D eigenvalue weighted by atomic mass is 10.1. The van der Waals surface area contributed by atoms with Crippen molar-refractivity contribution in [1.82, 2.24) is 4.98 Å². The van der Waals surface area contributed by atoms with Crippen LogP contribution in [0.3, 0.4) is 0 Å².